The molecule has 0 spiro atoms. The van der Waals surface area contributed by atoms with E-state index < -0.39 is 17.5 Å². The Balaban J connectivity index is 2.84. The van der Waals surface area contributed by atoms with E-state index in [0.29, 0.717) is 5.02 Å². The van der Waals surface area contributed by atoms with Crippen LogP contribution in [0.2, 0.25) is 5.02 Å². The van der Waals surface area contributed by atoms with Crippen LogP contribution in [0.5, 0.6) is 0 Å². The van der Waals surface area contributed by atoms with Crippen LogP contribution in [0.1, 0.15) is 19.4 Å². The number of esters is 1. The normalized spacial score (nSPS) is 12.5. The molecule has 0 fully saturated rings. The molecule has 0 radical (unpaired) electrons. The van der Waals surface area contributed by atoms with Crippen molar-refractivity contribution in [1.29, 1.82) is 0 Å². The van der Waals surface area contributed by atoms with E-state index >= 15 is 0 Å². The maximum absolute atomic E-state index is 11.5. The zero-order valence-corrected chi connectivity index (χ0v) is 13.1. The van der Waals surface area contributed by atoms with Crippen molar-refractivity contribution in [3.63, 3.8) is 0 Å². The van der Waals surface area contributed by atoms with Gasteiger partial charge in [-0.3, -0.25) is 0 Å². The first kappa shape index (κ1) is 17.7. The Labute approximate surface area is 134 Å². The van der Waals surface area contributed by atoms with Crippen LogP contribution in [0.25, 0.3) is 6.08 Å². The zero-order valence-electron chi connectivity index (χ0n) is 12.4. The smallest absolute Gasteiger partial charge is 0.345 e. The number of rotatable bonds is 6. The van der Waals surface area contributed by atoms with Crippen molar-refractivity contribution in [2.45, 2.75) is 13.8 Å². The number of aliphatic carboxylic acids is 1. The van der Waals surface area contributed by atoms with Gasteiger partial charge in [0, 0.05) is 5.02 Å². The molecule has 116 valence electrons. The van der Waals surface area contributed by atoms with E-state index in [4.69, 9.17) is 16.7 Å². The van der Waals surface area contributed by atoms with Gasteiger partial charge in [0.2, 0.25) is 0 Å². The topological polar surface area (TPSA) is 63.6 Å². The lowest BCUT2D eigenvalue weighted by Crippen LogP contribution is -2.15. The first-order chi connectivity index (χ1) is 10.4. The van der Waals surface area contributed by atoms with Crippen LogP contribution >= 0.6 is 11.6 Å². The molecule has 22 heavy (non-hydrogen) atoms. The highest BCUT2D eigenvalue weighted by Gasteiger charge is 2.17. The molecule has 1 N–H and O–H groups in total. The van der Waals surface area contributed by atoms with Gasteiger partial charge in [0.25, 0.3) is 0 Å². The van der Waals surface area contributed by atoms with Crippen LogP contribution in [-0.2, 0) is 14.3 Å². The van der Waals surface area contributed by atoms with E-state index in [0.717, 1.165) is 11.1 Å². The molecule has 4 nitrogen and oxygen atoms in total. The molecule has 1 aromatic rings. The molecule has 0 aliphatic rings. The van der Waals surface area contributed by atoms with Gasteiger partial charge >= 0.3 is 11.9 Å². The van der Waals surface area contributed by atoms with Crippen molar-refractivity contribution in [2.75, 3.05) is 6.61 Å². The number of hydrogen-bond donors (Lipinski definition) is 1. The fourth-order valence-electron chi connectivity index (χ4n) is 1.60. The van der Waals surface area contributed by atoms with Crippen molar-refractivity contribution in [2.24, 2.45) is 0 Å². The highest BCUT2D eigenvalue weighted by molar-refractivity contribution is 6.30. The third kappa shape index (κ3) is 5.97. The highest BCUT2D eigenvalue weighted by Crippen LogP contribution is 2.13. The Morgan fingerprint density at radius 1 is 1.27 bits per heavy atom. The van der Waals surface area contributed by atoms with E-state index in [9.17, 15) is 9.59 Å². The van der Waals surface area contributed by atoms with Crippen molar-refractivity contribution < 1.29 is 19.4 Å². The van der Waals surface area contributed by atoms with Crippen LogP contribution in [0.3, 0.4) is 0 Å². The molecule has 0 aromatic heterocycles. The fraction of sp³-hybridized carbons (Fsp3) is 0.176. The lowest BCUT2D eigenvalue weighted by molar-refractivity contribution is -0.143. The number of carboxylic acids is 1. The van der Waals surface area contributed by atoms with Crippen LogP contribution in [0, 0.1) is 0 Å². The summed E-state index contributed by atoms with van der Waals surface area (Å²) in [6.07, 6.45) is 6.34. The molecule has 0 saturated heterocycles. The molecule has 5 heteroatoms. The van der Waals surface area contributed by atoms with Crippen molar-refractivity contribution in [1.82, 2.24) is 0 Å². The summed E-state index contributed by atoms with van der Waals surface area (Å²) in [5.41, 5.74) is 1.46. The third-order valence-corrected chi connectivity index (χ3v) is 2.86. The monoisotopic (exact) mass is 320 g/mol. The zero-order chi connectivity index (χ0) is 16.5. The number of carbonyl (C=O) groups is 2. The predicted molar refractivity (Wildman–Crippen MR) is 86.6 cm³/mol. The van der Waals surface area contributed by atoms with Gasteiger partial charge in [-0.2, -0.15) is 0 Å². The number of benzene rings is 1. The van der Waals surface area contributed by atoms with Gasteiger partial charge in [-0.15, -0.1) is 0 Å². The summed E-state index contributed by atoms with van der Waals surface area (Å²) < 4.78 is 4.68. The summed E-state index contributed by atoms with van der Waals surface area (Å²) in [5, 5.41) is 9.63. The number of allylic oxidation sites excluding steroid dienone is 4. The second kappa shape index (κ2) is 8.85. The van der Waals surface area contributed by atoms with Crippen molar-refractivity contribution >= 4 is 29.6 Å². The molecule has 0 bridgehead atoms. The Bertz CT molecular complexity index is 625. The van der Waals surface area contributed by atoms with Gasteiger partial charge in [0.15, 0.2) is 0 Å². The quantitative estimate of drug-likeness (QED) is 0.284. The molecule has 1 aromatic carbocycles. The van der Waals surface area contributed by atoms with Crippen LogP contribution in [0.15, 0.2) is 53.6 Å². The maximum atomic E-state index is 11.5. The van der Waals surface area contributed by atoms with Crippen molar-refractivity contribution in [3.8, 4) is 0 Å². The summed E-state index contributed by atoms with van der Waals surface area (Å²) in [4.78, 5) is 22.4. The van der Waals surface area contributed by atoms with E-state index in [-0.39, 0.29) is 6.61 Å². The SMILES string of the molecule is CCOC(=O)C(=CC=CC(C)=Cc1ccc(Cl)cc1)C(=O)O. The fourth-order valence-corrected chi connectivity index (χ4v) is 1.73. The molecule has 0 amide bonds. The average Bonchev–Trinajstić information content (AvgIpc) is 2.46. The average molecular weight is 321 g/mol. The van der Waals surface area contributed by atoms with Crippen LogP contribution in [0.4, 0.5) is 0 Å². The second-order valence-electron chi connectivity index (χ2n) is 4.40. The van der Waals surface area contributed by atoms with Crippen LogP contribution in [-0.4, -0.2) is 23.7 Å². The molecule has 1 rings (SSSR count). The van der Waals surface area contributed by atoms with Gasteiger partial charge in [0.05, 0.1) is 6.61 Å². The number of halogens is 1. The third-order valence-electron chi connectivity index (χ3n) is 2.61. The molecule has 0 saturated carbocycles. The first-order valence-corrected chi connectivity index (χ1v) is 7.04. The van der Waals surface area contributed by atoms with Gasteiger partial charge in [0.1, 0.15) is 5.57 Å². The van der Waals surface area contributed by atoms with Gasteiger partial charge in [-0.05, 0) is 37.6 Å². The minimum absolute atomic E-state index is 0.128. The number of carboxylic acid groups (broad SMARTS) is 1. The molecule has 0 atom stereocenters. The summed E-state index contributed by atoms with van der Waals surface area (Å²) in [6.45, 7) is 3.61. The van der Waals surface area contributed by atoms with E-state index in [1.807, 2.05) is 25.1 Å². The Kier molecular flexibility index (Phi) is 7.13. The summed E-state index contributed by atoms with van der Waals surface area (Å²) in [5.74, 6) is -2.17. The minimum Gasteiger partial charge on any atom is -0.477 e. The van der Waals surface area contributed by atoms with Crippen LogP contribution < -0.4 is 0 Å². The number of ether oxygens (including phenoxy) is 1. The predicted octanol–water partition coefficient (Wildman–Crippen LogP) is 3.87. The van der Waals surface area contributed by atoms with E-state index in [2.05, 4.69) is 4.74 Å². The summed E-state index contributed by atoms with van der Waals surface area (Å²) in [6, 6.07) is 7.31. The highest BCUT2D eigenvalue weighted by atomic mass is 35.5. The lowest BCUT2D eigenvalue weighted by Gasteiger charge is -2.00. The molecule has 0 heterocycles. The summed E-state index contributed by atoms with van der Waals surface area (Å²) >= 11 is 5.81. The maximum Gasteiger partial charge on any atom is 0.345 e. The summed E-state index contributed by atoms with van der Waals surface area (Å²) in [7, 11) is 0. The lowest BCUT2D eigenvalue weighted by atomic mass is 10.1. The van der Waals surface area contributed by atoms with Gasteiger partial charge in [-0.25, -0.2) is 9.59 Å². The second-order valence-corrected chi connectivity index (χ2v) is 4.84. The molecule has 0 unspecified atom stereocenters. The van der Waals surface area contributed by atoms with E-state index in [1.54, 1.807) is 25.1 Å². The van der Waals surface area contributed by atoms with E-state index in [1.165, 1.54) is 12.2 Å². The Hall–Kier alpha value is -2.33. The van der Waals surface area contributed by atoms with Gasteiger partial charge in [-0.1, -0.05) is 47.5 Å². The van der Waals surface area contributed by atoms with Crippen molar-refractivity contribution in [3.05, 3.63) is 64.2 Å². The number of carbonyl (C=O) groups excluding carboxylic acids is 1. The molecule has 0 aliphatic heterocycles. The number of hydrogen-bond acceptors (Lipinski definition) is 3. The van der Waals surface area contributed by atoms with Gasteiger partial charge < -0.3 is 9.84 Å². The Morgan fingerprint density at radius 2 is 1.91 bits per heavy atom. The minimum atomic E-state index is -1.32. The molecule has 0 aliphatic carbocycles. The molecular weight excluding hydrogens is 304 g/mol. The molecular formula is C17H17ClO4. The largest absolute Gasteiger partial charge is 0.477 e. The first-order valence-electron chi connectivity index (χ1n) is 6.66. The Morgan fingerprint density at radius 3 is 2.45 bits per heavy atom. The standard InChI is InChI=1S/C17H17ClO4/c1-3-22-17(21)15(16(19)20)6-4-5-12(2)11-13-7-9-14(18)10-8-13/h4-11H,3H2,1-2H3,(H,19,20).